The SMILES string of the molecule is COc1c(C)c(C)c(F)c(F)c1C/C=C(\C)CCC(=O)O. The fourth-order valence-electron chi connectivity index (χ4n) is 2.10. The predicted molar refractivity (Wildman–Crippen MR) is 76.7 cm³/mol. The second-order valence-electron chi connectivity index (χ2n) is 5.04. The third kappa shape index (κ3) is 4.03. The van der Waals surface area contributed by atoms with Gasteiger partial charge in [0, 0.05) is 12.0 Å². The van der Waals surface area contributed by atoms with Gasteiger partial charge in [0.05, 0.1) is 7.11 Å². The first kappa shape index (κ1) is 17.1. The Morgan fingerprint density at radius 3 is 2.33 bits per heavy atom. The summed E-state index contributed by atoms with van der Waals surface area (Å²) in [5.74, 6) is -2.31. The number of rotatable bonds is 6. The summed E-state index contributed by atoms with van der Waals surface area (Å²) in [5, 5.41) is 8.62. The molecule has 0 aliphatic heterocycles. The maximum atomic E-state index is 14.1. The van der Waals surface area contributed by atoms with Gasteiger partial charge in [0.2, 0.25) is 0 Å². The van der Waals surface area contributed by atoms with E-state index in [1.54, 1.807) is 19.9 Å². The van der Waals surface area contributed by atoms with E-state index in [0.717, 1.165) is 5.57 Å². The summed E-state index contributed by atoms with van der Waals surface area (Å²) < 4.78 is 33.1. The minimum atomic E-state index is -0.905. The molecule has 0 bridgehead atoms. The molecule has 0 aromatic heterocycles. The molecule has 0 fully saturated rings. The molecule has 0 radical (unpaired) electrons. The number of halogens is 2. The third-order valence-corrected chi connectivity index (χ3v) is 3.56. The number of benzene rings is 1. The van der Waals surface area contributed by atoms with E-state index in [1.807, 2.05) is 0 Å². The zero-order valence-electron chi connectivity index (χ0n) is 12.7. The van der Waals surface area contributed by atoms with Gasteiger partial charge in [0.15, 0.2) is 11.6 Å². The van der Waals surface area contributed by atoms with Crippen molar-refractivity contribution in [3.8, 4) is 5.75 Å². The van der Waals surface area contributed by atoms with Crippen molar-refractivity contribution in [1.82, 2.24) is 0 Å². The standard InChI is InChI=1S/C16H20F2O3/c1-9(6-8-13(19)20)5-7-12-15(18)14(17)10(2)11(3)16(12)21-4/h5H,6-8H2,1-4H3,(H,19,20)/b9-5+. The second-order valence-corrected chi connectivity index (χ2v) is 5.04. The van der Waals surface area contributed by atoms with Crippen molar-refractivity contribution in [2.24, 2.45) is 0 Å². The van der Waals surface area contributed by atoms with Crippen LogP contribution in [-0.2, 0) is 11.2 Å². The van der Waals surface area contributed by atoms with Gasteiger partial charge >= 0.3 is 5.97 Å². The largest absolute Gasteiger partial charge is 0.496 e. The van der Waals surface area contributed by atoms with Crippen LogP contribution in [-0.4, -0.2) is 18.2 Å². The van der Waals surface area contributed by atoms with Gasteiger partial charge in [-0.2, -0.15) is 0 Å². The van der Waals surface area contributed by atoms with Gasteiger partial charge in [-0.1, -0.05) is 11.6 Å². The maximum Gasteiger partial charge on any atom is 0.303 e. The van der Waals surface area contributed by atoms with Gasteiger partial charge in [0.1, 0.15) is 5.75 Å². The Hall–Kier alpha value is -1.91. The number of methoxy groups -OCH3 is 1. The molecule has 0 aliphatic rings. The van der Waals surface area contributed by atoms with Gasteiger partial charge in [-0.05, 0) is 44.7 Å². The minimum Gasteiger partial charge on any atom is -0.496 e. The molecule has 1 aromatic carbocycles. The van der Waals surface area contributed by atoms with E-state index in [1.165, 1.54) is 14.0 Å². The molecule has 0 heterocycles. The van der Waals surface area contributed by atoms with Gasteiger partial charge in [-0.3, -0.25) is 4.79 Å². The third-order valence-electron chi connectivity index (χ3n) is 3.56. The predicted octanol–water partition coefficient (Wildman–Crippen LogP) is 3.94. The molecular weight excluding hydrogens is 278 g/mol. The van der Waals surface area contributed by atoms with Gasteiger partial charge < -0.3 is 9.84 Å². The molecule has 0 aliphatic carbocycles. The molecule has 0 saturated heterocycles. The highest BCUT2D eigenvalue weighted by Crippen LogP contribution is 2.32. The lowest BCUT2D eigenvalue weighted by molar-refractivity contribution is -0.136. The summed E-state index contributed by atoms with van der Waals surface area (Å²) in [6.45, 7) is 4.96. The Kier molecular flexibility index (Phi) is 5.88. The molecule has 1 rings (SSSR count). The van der Waals surface area contributed by atoms with Crippen molar-refractivity contribution in [2.75, 3.05) is 7.11 Å². The van der Waals surface area contributed by atoms with Crippen molar-refractivity contribution in [3.05, 3.63) is 40.0 Å². The fraction of sp³-hybridized carbons (Fsp3) is 0.438. The number of hydrogen-bond acceptors (Lipinski definition) is 2. The molecule has 0 unspecified atom stereocenters. The maximum absolute atomic E-state index is 14.1. The van der Waals surface area contributed by atoms with Crippen LogP contribution in [0.3, 0.4) is 0 Å². The Morgan fingerprint density at radius 1 is 1.19 bits per heavy atom. The average molecular weight is 298 g/mol. The lowest BCUT2D eigenvalue weighted by atomic mass is 9.99. The van der Waals surface area contributed by atoms with E-state index in [2.05, 4.69) is 0 Å². The van der Waals surface area contributed by atoms with Crippen molar-refractivity contribution < 1.29 is 23.4 Å². The molecule has 3 nitrogen and oxygen atoms in total. The van der Waals surface area contributed by atoms with Crippen molar-refractivity contribution in [2.45, 2.75) is 40.0 Å². The minimum absolute atomic E-state index is 0.0171. The first-order valence-corrected chi connectivity index (χ1v) is 6.68. The summed E-state index contributed by atoms with van der Waals surface area (Å²) >= 11 is 0. The van der Waals surface area contributed by atoms with Crippen molar-refractivity contribution >= 4 is 5.97 Å². The van der Waals surface area contributed by atoms with E-state index in [-0.39, 0.29) is 24.0 Å². The lowest BCUT2D eigenvalue weighted by Gasteiger charge is -2.15. The monoisotopic (exact) mass is 298 g/mol. The molecule has 21 heavy (non-hydrogen) atoms. The smallest absolute Gasteiger partial charge is 0.303 e. The second kappa shape index (κ2) is 7.20. The Morgan fingerprint density at radius 2 is 1.81 bits per heavy atom. The summed E-state index contributed by atoms with van der Waals surface area (Å²) in [5.41, 5.74) is 1.79. The van der Waals surface area contributed by atoms with Crippen molar-refractivity contribution in [3.63, 3.8) is 0 Å². The molecule has 116 valence electrons. The normalized spacial score (nSPS) is 11.6. The Labute approximate surface area is 123 Å². The zero-order valence-corrected chi connectivity index (χ0v) is 12.7. The van der Waals surface area contributed by atoms with Crippen molar-refractivity contribution in [1.29, 1.82) is 0 Å². The van der Waals surface area contributed by atoms with E-state index in [4.69, 9.17) is 9.84 Å². The molecule has 0 amide bonds. The number of allylic oxidation sites excluding steroid dienone is 2. The molecule has 5 heteroatoms. The molecule has 0 spiro atoms. The first-order valence-electron chi connectivity index (χ1n) is 6.68. The quantitative estimate of drug-likeness (QED) is 0.809. The zero-order chi connectivity index (χ0) is 16.2. The van der Waals surface area contributed by atoms with Crippen LogP contribution >= 0.6 is 0 Å². The summed E-state index contributed by atoms with van der Waals surface area (Å²) in [6, 6.07) is 0. The van der Waals surface area contributed by atoms with Crippen LogP contribution in [0.2, 0.25) is 0 Å². The number of carboxylic acid groups (broad SMARTS) is 1. The Bertz CT molecular complexity index is 578. The molecule has 1 aromatic rings. The molecular formula is C16H20F2O3. The van der Waals surface area contributed by atoms with Gasteiger partial charge in [-0.25, -0.2) is 8.78 Å². The molecule has 0 atom stereocenters. The van der Waals surface area contributed by atoms with Crippen LogP contribution < -0.4 is 4.74 Å². The van der Waals surface area contributed by atoms with Crippen LogP contribution in [0.15, 0.2) is 11.6 Å². The number of hydrogen-bond donors (Lipinski definition) is 1. The van der Waals surface area contributed by atoms with E-state index >= 15 is 0 Å². The summed E-state index contributed by atoms with van der Waals surface area (Å²) in [7, 11) is 1.42. The van der Waals surface area contributed by atoms with Crippen LogP contribution in [0, 0.1) is 25.5 Å². The number of carbonyl (C=O) groups is 1. The van der Waals surface area contributed by atoms with E-state index in [0.29, 0.717) is 17.7 Å². The summed E-state index contributed by atoms with van der Waals surface area (Å²) in [4.78, 5) is 10.5. The van der Waals surface area contributed by atoms with E-state index in [9.17, 15) is 13.6 Å². The van der Waals surface area contributed by atoms with Gasteiger partial charge in [-0.15, -0.1) is 0 Å². The van der Waals surface area contributed by atoms with Crippen LogP contribution in [0.5, 0.6) is 5.75 Å². The summed E-state index contributed by atoms with van der Waals surface area (Å²) in [6.07, 6.45) is 2.27. The van der Waals surface area contributed by atoms with Crippen LogP contribution in [0.1, 0.15) is 36.5 Å². The number of aliphatic carboxylic acids is 1. The topological polar surface area (TPSA) is 46.5 Å². The molecule has 1 N–H and O–H groups in total. The Balaban J connectivity index is 3.08. The molecule has 0 saturated carbocycles. The average Bonchev–Trinajstić information content (AvgIpc) is 2.45. The highest BCUT2D eigenvalue weighted by Gasteiger charge is 2.20. The highest BCUT2D eigenvalue weighted by atomic mass is 19.2. The van der Waals surface area contributed by atoms with Gasteiger partial charge in [0.25, 0.3) is 0 Å². The number of ether oxygens (including phenoxy) is 1. The highest BCUT2D eigenvalue weighted by molar-refractivity contribution is 5.67. The van der Waals surface area contributed by atoms with Crippen LogP contribution in [0.25, 0.3) is 0 Å². The number of carboxylic acids is 1. The fourth-order valence-corrected chi connectivity index (χ4v) is 2.10. The first-order chi connectivity index (χ1) is 9.79. The van der Waals surface area contributed by atoms with E-state index < -0.39 is 17.6 Å². The van der Waals surface area contributed by atoms with Crippen LogP contribution in [0.4, 0.5) is 8.78 Å². The lowest BCUT2D eigenvalue weighted by Crippen LogP contribution is -2.04.